The van der Waals surface area contributed by atoms with E-state index in [1.54, 1.807) is 56.5 Å². The first-order chi connectivity index (χ1) is 16.2. The molecule has 0 aliphatic carbocycles. The van der Waals surface area contributed by atoms with E-state index in [0.717, 1.165) is 22.0 Å². The van der Waals surface area contributed by atoms with E-state index < -0.39 is 38.0 Å². The Labute approximate surface area is 196 Å². The molecule has 0 spiro atoms. The molecule has 0 aliphatic rings. The van der Waals surface area contributed by atoms with E-state index in [0.29, 0.717) is 11.5 Å². The predicted octanol–water partition coefficient (Wildman–Crippen LogP) is 3.34. The Balaban J connectivity index is 1.89. The topological polar surface area (TPSA) is 131 Å². The number of benzene rings is 3. The number of carbonyl (C=O) groups is 1. The van der Waals surface area contributed by atoms with Crippen LogP contribution in [0.15, 0.2) is 88.9 Å². The maximum atomic E-state index is 13.4. The smallest absolute Gasteiger partial charge is 0.289 e. The van der Waals surface area contributed by atoms with Gasteiger partial charge in [-0.1, -0.05) is 30.3 Å². The average molecular weight is 483 g/mol. The summed E-state index contributed by atoms with van der Waals surface area (Å²) >= 11 is 0. The monoisotopic (exact) mass is 482 g/mol. The lowest BCUT2D eigenvalue weighted by molar-refractivity contribution is -0.387. The second-order valence-electron chi connectivity index (χ2n) is 7.03. The Kier molecular flexibility index (Phi) is 7.59. The van der Waals surface area contributed by atoms with E-state index in [9.17, 15) is 23.3 Å². The van der Waals surface area contributed by atoms with E-state index in [4.69, 9.17) is 4.74 Å². The number of hydrogen-bond donors (Lipinski definition) is 1. The van der Waals surface area contributed by atoms with Gasteiger partial charge < -0.3 is 4.74 Å². The normalized spacial score (nSPS) is 11.5. The van der Waals surface area contributed by atoms with Crippen LogP contribution >= 0.6 is 0 Å². The van der Waals surface area contributed by atoms with Gasteiger partial charge in [0, 0.05) is 6.07 Å². The number of nitrogens with zero attached hydrogens (tertiary/aromatic N) is 3. The molecule has 0 bridgehead atoms. The van der Waals surface area contributed by atoms with Crippen LogP contribution in [-0.2, 0) is 14.8 Å². The zero-order valence-corrected chi connectivity index (χ0v) is 19.2. The van der Waals surface area contributed by atoms with Crippen molar-refractivity contribution >= 4 is 33.0 Å². The zero-order chi connectivity index (χ0) is 24.7. The van der Waals surface area contributed by atoms with Crippen molar-refractivity contribution in [3.05, 3.63) is 94.5 Å². The van der Waals surface area contributed by atoms with Gasteiger partial charge in [0.05, 0.1) is 23.4 Å². The number of nitrogens with one attached hydrogen (secondary N) is 1. The van der Waals surface area contributed by atoms with E-state index in [-0.39, 0.29) is 5.69 Å². The van der Waals surface area contributed by atoms with Crippen LogP contribution in [0.5, 0.6) is 5.75 Å². The molecule has 0 heterocycles. The third-order valence-electron chi connectivity index (χ3n) is 4.82. The van der Waals surface area contributed by atoms with Crippen LogP contribution < -0.4 is 14.5 Å². The number of para-hydroxylation sites is 2. The number of anilines is 1. The fraction of sp³-hybridized carbons (Fsp3) is 0.130. The minimum absolute atomic E-state index is 0.173. The second kappa shape index (κ2) is 10.6. The predicted molar refractivity (Wildman–Crippen MR) is 127 cm³/mol. The summed E-state index contributed by atoms with van der Waals surface area (Å²) in [5.41, 5.74) is 3.16. The van der Waals surface area contributed by atoms with Gasteiger partial charge in [0.1, 0.15) is 12.3 Å². The van der Waals surface area contributed by atoms with Crippen molar-refractivity contribution in [2.45, 2.75) is 11.8 Å². The van der Waals surface area contributed by atoms with Gasteiger partial charge in [0.15, 0.2) is 4.90 Å². The standard InChI is InChI=1S/C23H22N4O6S/c1-17(18-12-14-20(33-2)15-13-18)24-25-23(28)16-26(19-8-4-3-5-9-19)34(31,32)22-11-7-6-10-21(22)27(29)30/h3-15H,16H2,1-2H3,(H,25,28)/b24-17-. The Hall–Kier alpha value is -4.25. The highest BCUT2D eigenvalue weighted by Crippen LogP contribution is 2.29. The van der Waals surface area contributed by atoms with Crippen LogP contribution in [0.3, 0.4) is 0 Å². The quantitative estimate of drug-likeness (QED) is 0.283. The fourth-order valence-corrected chi connectivity index (χ4v) is 4.64. The molecule has 0 atom stereocenters. The van der Waals surface area contributed by atoms with Crippen molar-refractivity contribution in [2.24, 2.45) is 5.10 Å². The van der Waals surface area contributed by atoms with Crippen molar-refractivity contribution in [2.75, 3.05) is 18.0 Å². The Morgan fingerprint density at radius 1 is 1.03 bits per heavy atom. The molecule has 0 fully saturated rings. The van der Waals surface area contributed by atoms with E-state index in [1.165, 1.54) is 24.3 Å². The van der Waals surface area contributed by atoms with Crippen LogP contribution in [0.1, 0.15) is 12.5 Å². The number of nitro benzene ring substituents is 1. The van der Waals surface area contributed by atoms with Gasteiger partial charge in [-0.05, 0) is 55.0 Å². The number of hydrazone groups is 1. The maximum absolute atomic E-state index is 13.4. The lowest BCUT2D eigenvalue weighted by Crippen LogP contribution is -2.40. The van der Waals surface area contributed by atoms with Gasteiger partial charge in [0.2, 0.25) is 0 Å². The number of amides is 1. The molecular formula is C23H22N4O6S. The summed E-state index contributed by atoms with van der Waals surface area (Å²) in [5, 5.41) is 15.5. The molecule has 1 N–H and O–H groups in total. The number of rotatable bonds is 9. The van der Waals surface area contributed by atoms with Gasteiger partial charge in [0.25, 0.3) is 21.6 Å². The first kappa shape index (κ1) is 24.4. The molecule has 3 aromatic rings. The summed E-state index contributed by atoms with van der Waals surface area (Å²) in [6.07, 6.45) is 0. The van der Waals surface area contributed by atoms with Crippen LogP contribution in [0.25, 0.3) is 0 Å². The molecule has 0 unspecified atom stereocenters. The Bertz CT molecular complexity index is 1310. The summed E-state index contributed by atoms with van der Waals surface area (Å²) in [7, 11) is -2.91. The van der Waals surface area contributed by atoms with Crippen LogP contribution in [0.2, 0.25) is 0 Å². The van der Waals surface area contributed by atoms with E-state index in [1.807, 2.05) is 0 Å². The molecule has 11 heteroatoms. The number of sulfonamides is 1. The molecule has 3 rings (SSSR count). The van der Waals surface area contributed by atoms with E-state index >= 15 is 0 Å². The highest BCUT2D eigenvalue weighted by molar-refractivity contribution is 7.93. The third-order valence-corrected chi connectivity index (χ3v) is 6.64. The molecule has 0 aromatic heterocycles. The summed E-state index contributed by atoms with van der Waals surface area (Å²) in [6.45, 7) is 1.04. The molecule has 176 valence electrons. The SMILES string of the molecule is COc1ccc(/C(C)=N\NC(=O)CN(c2ccccc2)S(=O)(=O)c2ccccc2[N+](=O)[O-])cc1. The Morgan fingerprint density at radius 2 is 1.65 bits per heavy atom. The molecule has 0 radical (unpaired) electrons. The molecule has 1 amide bonds. The number of ether oxygens (including phenoxy) is 1. The van der Waals surface area contributed by atoms with Crippen molar-refractivity contribution in [3.8, 4) is 5.75 Å². The first-order valence-electron chi connectivity index (χ1n) is 10.0. The molecule has 0 aliphatic heterocycles. The summed E-state index contributed by atoms with van der Waals surface area (Å²) < 4.78 is 32.7. The minimum atomic E-state index is -4.45. The first-order valence-corrected chi connectivity index (χ1v) is 11.5. The molecule has 0 saturated heterocycles. The summed E-state index contributed by atoms with van der Waals surface area (Å²) in [4.78, 5) is 22.8. The summed E-state index contributed by atoms with van der Waals surface area (Å²) in [5.74, 6) is -0.0572. The molecule has 34 heavy (non-hydrogen) atoms. The van der Waals surface area contributed by atoms with Gasteiger partial charge in [-0.2, -0.15) is 5.10 Å². The lowest BCUT2D eigenvalue weighted by Gasteiger charge is -2.23. The third kappa shape index (κ3) is 5.56. The number of hydrogen-bond acceptors (Lipinski definition) is 7. The molecule has 0 saturated carbocycles. The van der Waals surface area contributed by atoms with Gasteiger partial charge >= 0.3 is 0 Å². The molecule has 10 nitrogen and oxygen atoms in total. The number of nitro groups is 1. The van der Waals surface area contributed by atoms with Crippen molar-refractivity contribution in [1.29, 1.82) is 0 Å². The van der Waals surface area contributed by atoms with Crippen LogP contribution in [0, 0.1) is 10.1 Å². The second-order valence-corrected chi connectivity index (χ2v) is 8.86. The van der Waals surface area contributed by atoms with Crippen LogP contribution in [-0.4, -0.2) is 38.6 Å². The van der Waals surface area contributed by atoms with Crippen molar-refractivity contribution < 1.29 is 22.9 Å². The lowest BCUT2D eigenvalue weighted by atomic mass is 10.1. The average Bonchev–Trinajstić information content (AvgIpc) is 2.86. The fourth-order valence-electron chi connectivity index (χ4n) is 3.06. The van der Waals surface area contributed by atoms with Crippen molar-refractivity contribution in [3.63, 3.8) is 0 Å². The van der Waals surface area contributed by atoms with Gasteiger partial charge in [-0.15, -0.1) is 0 Å². The molecular weight excluding hydrogens is 460 g/mol. The zero-order valence-electron chi connectivity index (χ0n) is 18.4. The maximum Gasteiger partial charge on any atom is 0.289 e. The highest BCUT2D eigenvalue weighted by atomic mass is 32.2. The highest BCUT2D eigenvalue weighted by Gasteiger charge is 2.33. The Morgan fingerprint density at radius 3 is 2.26 bits per heavy atom. The van der Waals surface area contributed by atoms with E-state index in [2.05, 4.69) is 10.5 Å². The largest absolute Gasteiger partial charge is 0.497 e. The van der Waals surface area contributed by atoms with Gasteiger partial charge in [-0.25, -0.2) is 13.8 Å². The number of carbonyl (C=O) groups excluding carboxylic acids is 1. The van der Waals surface area contributed by atoms with Crippen LogP contribution in [0.4, 0.5) is 11.4 Å². The summed E-state index contributed by atoms with van der Waals surface area (Å²) in [6, 6.07) is 19.9. The van der Waals surface area contributed by atoms with Gasteiger partial charge in [-0.3, -0.25) is 19.2 Å². The van der Waals surface area contributed by atoms with Crippen molar-refractivity contribution in [1.82, 2.24) is 5.43 Å². The number of methoxy groups -OCH3 is 1. The minimum Gasteiger partial charge on any atom is -0.497 e. The molecule has 3 aromatic carbocycles.